The molecule has 0 bridgehead atoms. The molecule has 2 aromatic heterocycles. The third kappa shape index (κ3) is 1.94. The van der Waals surface area contributed by atoms with Crippen LogP contribution in [0.4, 0.5) is 0 Å². The van der Waals surface area contributed by atoms with E-state index in [0.29, 0.717) is 0 Å². The molecule has 3 rings (SSSR count). The van der Waals surface area contributed by atoms with Crippen LogP contribution in [-0.4, -0.2) is 17.4 Å². The number of carbonyl (C=O) groups is 1. The van der Waals surface area contributed by atoms with Crippen LogP contribution in [0.5, 0.6) is 0 Å². The summed E-state index contributed by atoms with van der Waals surface area (Å²) >= 11 is 6.74. The zero-order chi connectivity index (χ0) is 12.7. The number of hydrogen-bond donors (Lipinski definition) is 0. The number of halogens is 1. The van der Waals surface area contributed by atoms with Gasteiger partial charge in [0.05, 0.1) is 6.04 Å². The van der Waals surface area contributed by atoms with Gasteiger partial charge in [-0.05, 0) is 57.7 Å². The average Bonchev–Trinajstić information content (AvgIpc) is 2.97. The van der Waals surface area contributed by atoms with Crippen molar-refractivity contribution in [3.05, 3.63) is 42.7 Å². The molecule has 3 heterocycles. The second-order valence-electron chi connectivity index (χ2n) is 4.32. The van der Waals surface area contributed by atoms with Crippen molar-refractivity contribution in [3.63, 3.8) is 0 Å². The van der Waals surface area contributed by atoms with Crippen molar-refractivity contribution in [2.45, 2.75) is 19.4 Å². The van der Waals surface area contributed by atoms with Crippen LogP contribution in [0, 0.1) is 0 Å². The normalized spacial score (nSPS) is 18.8. The number of hydrogen-bond acceptors (Lipinski definition) is 3. The number of fused-ring (bicyclic) bond motifs is 1. The molecule has 2 nitrogen and oxygen atoms in total. The van der Waals surface area contributed by atoms with Gasteiger partial charge in [-0.1, -0.05) is 0 Å². The first-order valence-electron chi connectivity index (χ1n) is 5.78. The van der Waals surface area contributed by atoms with E-state index in [-0.39, 0.29) is 11.9 Å². The summed E-state index contributed by atoms with van der Waals surface area (Å²) in [7, 11) is 0. The Morgan fingerprint density at radius 1 is 1.39 bits per heavy atom. The Labute approximate surface area is 122 Å². The fourth-order valence-corrected chi connectivity index (χ4v) is 4.82. The number of amides is 1. The highest BCUT2D eigenvalue weighted by molar-refractivity contribution is 9.10. The third-order valence-corrected chi connectivity index (χ3v) is 6.17. The van der Waals surface area contributed by atoms with Gasteiger partial charge in [0.15, 0.2) is 0 Å². The van der Waals surface area contributed by atoms with E-state index < -0.39 is 0 Å². The number of carbonyl (C=O) groups excluding carboxylic acids is 1. The maximum Gasteiger partial charge on any atom is 0.265 e. The largest absolute Gasteiger partial charge is 0.331 e. The zero-order valence-electron chi connectivity index (χ0n) is 9.85. The molecule has 0 aliphatic carbocycles. The molecule has 1 aliphatic rings. The molecule has 0 radical (unpaired) electrons. The molecule has 1 aliphatic heterocycles. The van der Waals surface area contributed by atoms with Crippen LogP contribution in [0.2, 0.25) is 0 Å². The molecule has 1 amide bonds. The molecule has 0 aromatic carbocycles. The Morgan fingerprint density at radius 3 is 2.89 bits per heavy atom. The maximum atomic E-state index is 12.5. The minimum Gasteiger partial charge on any atom is -0.331 e. The summed E-state index contributed by atoms with van der Waals surface area (Å²) in [4.78, 5) is 16.7. The van der Waals surface area contributed by atoms with Crippen LogP contribution in [0.3, 0.4) is 0 Å². The Kier molecular flexibility index (Phi) is 3.30. The number of rotatable bonds is 1. The van der Waals surface area contributed by atoms with E-state index >= 15 is 0 Å². The minimum absolute atomic E-state index is 0.140. The summed E-state index contributed by atoms with van der Waals surface area (Å²) in [5.74, 6) is 0.140. The Hall–Kier alpha value is -0.650. The van der Waals surface area contributed by atoms with Crippen LogP contribution < -0.4 is 0 Å². The highest BCUT2D eigenvalue weighted by Crippen LogP contribution is 2.35. The Bertz CT molecular complexity index is 589. The average molecular weight is 342 g/mol. The lowest BCUT2D eigenvalue weighted by molar-refractivity contribution is 0.0683. The predicted octanol–water partition coefficient (Wildman–Crippen LogP) is 4.33. The van der Waals surface area contributed by atoms with Gasteiger partial charge in [0.2, 0.25) is 0 Å². The van der Waals surface area contributed by atoms with Gasteiger partial charge in [0.1, 0.15) is 4.88 Å². The topological polar surface area (TPSA) is 20.3 Å². The van der Waals surface area contributed by atoms with Gasteiger partial charge in [-0.25, -0.2) is 0 Å². The molecular formula is C13H12BrNOS2. The van der Waals surface area contributed by atoms with Gasteiger partial charge in [0.25, 0.3) is 5.91 Å². The summed E-state index contributed by atoms with van der Waals surface area (Å²) in [6, 6.07) is 4.26. The SMILES string of the molecule is CC1c2ccsc2CCN1C(=O)c1sccc1Br. The predicted molar refractivity (Wildman–Crippen MR) is 79.5 cm³/mol. The standard InChI is InChI=1S/C13H12BrNOS2/c1-8-9-3-6-17-11(9)2-5-15(8)13(16)12-10(14)4-7-18-12/h3-4,6-8H,2,5H2,1H3. The molecule has 0 saturated heterocycles. The lowest BCUT2D eigenvalue weighted by atomic mass is 10.0. The van der Waals surface area contributed by atoms with Crippen LogP contribution >= 0.6 is 38.6 Å². The summed E-state index contributed by atoms with van der Waals surface area (Å²) in [6.45, 7) is 2.93. The summed E-state index contributed by atoms with van der Waals surface area (Å²) < 4.78 is 0.904. The van der Waals surface area contributed by atoms with Crippen molar-refractivity contribution in [1.29, 1.82) is 0 Å². The fourth-order valence-electron chi connectivity index (χ4n) is 2.36. The smallest absolute Gasteiger partial charge is 0.265 e. The minimum atomic E-state index is 0.140. The first-order chi connectivity index (χ1) is 8.68. The fraction of sp³-hybridized carbons (Fsp3) is 0.308. The van der Waals surface area contributed by atoms with Crippen LogP contribution in [-0.2, 0) is 6.42 Å². The van der Waals surface area contributed by atoms with Gasteiger partial charge < -0.3 is 4.90 Å². The Morgan fingerprint density at radius 2 is 2.17 bits per heavy atom. The zero-order valence-corrected chi connectivity index (χ0v) is 13.1. The van der Waals surface area contributed by atoms with Gasteiger partial charge in [-0.15, -0.1) is 22.7 Å². The van der Waals surface area contributed by atoms with Crippen LogP contribution in [0.15, 0.2) is 27.4 Å². The molecule has 2 aromatic rings. The molecule has 0 fully saturated rings. The third-order valence-electron chi connectivity index (χ3n) is 3.35. The van der Waals surface area contributed by atoms with Gasteiger partial charge >= 0.3 is 0 Å². The molecule has 94 valence electrons. The van der Waals surface area contributed by atoms with E-state index in [1.807, 2.05) is 16.3 Å². The second-order valence-corrected chi connectivity index (χ2v) is 7.09. The van der Waals surface area contributed by atoms with Crippen molar-refractivity contribution in [3.8, 4) is 0 Å². The molecule has 18 heavy (non-hydrogen) atoms. The highest BCUT2D eigenvalue weighted by atomic mass is 79.9. The van der Waals surface area contributed by atoms with Crippen LogP contribution in [0.25, 0.3) is 0 Å². The van der Waals surface area contributed by atoms with E-state index in [9.17, 15) is 4.79 Å². The summed E-state index contributed by atoms with van der Waals surface area (Å²) in [5, 5.41) is 4.07. The first-order valence-corrected chi connectivity index (χ1v) is 8.34. The van der Waals surface area contributed by atoms with E-state index in [1.165, 1.54) is 21.8 Å². The van der Waals surface area contributed by atoms with Crippen molar-refractivity contribution < 1.29 is 4.79 Å². The molecule has 0 saturated carbocycles. The van der Waals surface area contributed by atoms with E-state index in [1.54, 1.807) is 11.3 Å². The van der Waals surface area contributed by atoms with Gasteiger partial charge in [-0.2, -0.15) is 0 Å². The van der Waals surface area contributed by atoms with Crippen LogP contribution in [0.1, 0.15) is 33.1 Å². The Balaban J connectivity index is 1.91. The van der Waals surface area contributed by atoms with E-state index in [4.69, 9.17) is 0 Å². The lowest BCUT2D eigenvalue weighted by Gasteiger charge is -2.33. The van der Waals surface area contributed by atoms with Gasteiger partial charge in [0, 0.05) is 15.9 Å². The maximum absolute atomic E-state index is 12.5. The van der Waals surface area contributed by atoms with Crippen molar-refractivity contribution >= 4 is 44.5 Å². The van der Waals surface area contributed by atoms with Crippen molar-refractivity contribution in [2.75, 3.05) is 6.54 Å². The van der Waals surface area contributed by atoms with Crippen molar-refractivity contribution in [1.82, 2.24) is 4.90 Å². The van der Waals surface area contributed by atoms with E-state index in [2.05, 4.69) is 34.3 Å². The highest BCUT2D eigenvalue weighted by Gasteiger charge is 2.30. The molecule has 1 unspecified atom stereocenters. The quantitative estimate of drug-likeness (QED) is 0.755. The number of nitrogens with zero attached hydrogens (tertiary/aromatic N) is 1. The molecule has 1 atom stereocenters. The summed E-state index contributed by atoms with van der Waals surface area (Å²) in [5.41, 5.74) is 1.31. The summed E-state index contributed by atoms with van der Waals surface area (Å²) in [6.07, 6.45) is 0.978. The number of thiophene rings is 2. The van der Waals surface area contributed by atoms with Crippen molar-refractivity contribution in [2.24, 2.45) is 0 Å². The molecule has 0 N–H and O–H groups in total. The first kappa shape index (κ1) is 12.4. The van der Waals surface area contributed by atoms with Gasteiger partial charge in [-0.3, -0.25) is 4.79 Å². The van der Waals surface area contributed by atoms with E-state index in [0.717, 1.165) is 22.3 Å². The molecule has 5 heteroatoms. The lowest BCUT2D eigenvalue weighted by Crippen LogP contribution is -2.38. The molecule has 0 spiro atoms. The second kappa shape index (κ2) is 4.79. The molecular weight excluding hydrogens is 330 g/mol. The monoisotopic (exact) mass is 341 g/mol.